The number of anilines is 1. The smallest absolute Gasteiger partial charge is 0.203 e. The number of hydrogen-bond acceptors (Lipinski definition) is 5. The van der Waals surface area contributed by atoms with E-state index in [1.54, 1.807) is 39.8 Å². The van der Waals surface area contributed by atoms with Crippen LogP contribution in [0.15, 0.2) is 30.6 Å². The highest BCUT2D eigenvalue weighted by atomic mass is 35.5. The molecule has 0 fully saturated rings. The van der Waals surface area contributed by atoms with Crippen molar-refractivity contribution in [2.24, 2.45) is 0 Å². The molecule has 0 saturated heterocycles. The summed E-state index contributed by atoms with van der Waals surface area (Å²) in [6.45, 7) is 0.558. The minimum atomic E-state index is 0.558. The fourth-order valence-corrected chi connectivity index (χ4v) is 2.11. The standard InChI is InChI=1S/C15H17ClN2O3/c1-19-13-6-10(7-14(20-2)15(13)21-3)8-18-12-9-17-5-4-11(12)16/h4-7,9,18H,8H2,1-3H3. The van der Waals surface area contributed by atoms with Gasteiger partial charge < -0.3 is 19.5 Å². The summed E-state index contributed by atoms with van der Waals surface area (Å²) < 4.78 is 15.9. The maximum absolute atomic E-state index is 6.08. The van der Waals surface area contributed by atoms with E-state index in [0.29, 0.717) is 28.8 Å². The molecule has 0 saturated carbocycles. The van der Waals surface area contributed by atoms with E-state index in [1.165, 1.54) is 0 Å². The van der Waals surface area contributed by atoms with Crippen molar-refractivity contribution in [1.82, 2.24) is 4.98 Å². The molecule has 2 aromatic rings. The normalized spacial score (nSPS) is 10.1. The molecule has 1 N–H and O–H groups in total. The van der Waals surface area contributed by atoms with Crippen LogP contribution in [0.25, 0.3) is 0 Å². The molecule has 112 valence electrons. The Labute approximate surface area is 128 Å². The van der Waals surface area contributed by atoms with E-state index in [4.69, 9.17) is 25.8 Å². The SMILES string of the molecule is COc1cc(CNc2cnccc2Cl)cc(OC)c1OC. The lowest BCUT2D eigenvalue weighted by atomic mass is 10.1. The summed E-state index contributed by atoms with van der Waals surface area (Å²) >= 11 is 6.08. The van der Waals surface area contributed by atoms with Gasteiger partial charge in [-0.05, 0) is 23.8 Å². The van der Waals surface area contributed by atoms with Crippen LogP contribution in [-0.2, 0) is 6.54 Å². The molecule has 5 nitrogen and oxygen atoms in total. The third-order valence-corrected chi connectivity index (χ3v) is 3.30. The molecule has 0 aliphatic carbocycles. The number of aromatic nitrogens is 1. The van der Waals surface area contributed by atoms with Crippen molar-refractivity contribution >= 4 is 17.3 Å². The summed E-state index contributed by atoms with van der Waals surface area (Å²) in [5.74, 6) is 1.81. The van der Waals surface area contributed by atoms with Crippen LogP contribution in [0.4, 0.5) is 5.69 Å². The Hall–Kier alpha value is -2.14. The Kier molecular flexibility index (Phi) is 5.11. The number of rotatable bonds is 6. The molecule has 0 spiro atoms. The summed E-state index contributed by atoms with van der Waals surface area (Å²) in [6.07, 6.45) is 3.33. The van der Waals surface area contributed by atoms with E-state index in [-0.39, 0.29) is 0 Å². The van der Waals surface area contributed by atoms with Gasteiger partial charge in [-0.3, -0.25) is 4.98 Å². The fraction of sp³-hybridized carbons (Fsp3) is 0.267. The second kappa shape index (κ2) is 7.04. The van der Waals surface area contributed by atoms with E-state index in [0.717, 1.165) is 11.3 Å². The Bertz CT molecular complexity index is 595. The van der Waals surface area contributed by atoms with Gasteiger partial charge in [-0.1, -0.05) is 11.6 Å². The fourth-order valence-electron chi connectivity index (χ4n) is 1.94. The number of methoxy groups -OCH3 is 3. The van der Waals surface area contributed by atoms with Crippen LogP contribution >= 0.6 is 11.6 Å². The zero-order valence-corrected chi connectivity index (χ0v) is 12.9. The van der Waals surface area contributed by atoms with Gasteiger partial charge in [-0.2, -0.15) is 0 Å². The first-order valence-corrected chi connectivity index (χ1v) is 6.69. The predicted octanol–water partition coefficient (Wildman–Crippen LogP) is 3.37. The lowest BCUT2D eigenvalue weighted by molar-refractivity contribution is 0.324. The molecule has 0 unspecified atom stereocenters. The zero-order chi connectivity index (χ0) is 15.2. The molecule has 6 heteroatoms. The largest absolute Gasteiger partial charge is 0.493 e. The van der Waals surface area contributed by atoms with Crippen molar-refractivity contribution in [2.45, 2.75) is 6.54 Å². The monoisotopic (exact) mass is 308 g/mol. The molecule has 1 aromatic heterocycles. The van der Waals surface area contributed by atoms with Gasteiger partial charge in [0.15, 0.2) is 11.5 Å². The molecular formula is C15H17ClN2O3. The van der Waals surface area contributed by atoms with Crippen molar-refractivity contribution in [1.29, 1.82) is 0 Å². The van der Waals surface area contributed by atoms with Crippen LogP contribution in [0.3, 0.4) is 0 Å². The Balaban J connectivity index is 2.22. The zero-order valence-electron chi connectivity index (χ0n) is 12.1. The second-order valence-corrected chi connectivity index (χ2v) is 4.65. The van der Waals surface area contributed by atoms with E-state index in [9.17, 15) is 0 Å². The maximum Gasteiger partial charge on any atom is 0.203 e. The van der Waals surface area contributed by atoms with Gasteiger partial charge in [0.05, 0.1) is 38.2 Å². The first-order chi connectivity index (χ1) is 10.2. The lowest BCUT2D eigenvalue weighted by Gasteiger charge is -2.15. The minimum Gasteiger partial charge on any atom is -0.493 e. The first kappa shape index (κ1) is 15.3. The van der Waals surface area contributed by atoms with Gasteiger partial charge in [-0.25, -0.2) is 0 Å². The molecule has 0 aliphatic rings. The minimum absolute atomic E-state index is 0.558. The number of halogens is 1. The molecule has 0 bridgehead atoms. The number of pyridine rings is 1. The number of hydrogen-bond donors (Lipinski definition) is 1. The molecule has 0 amide bonds. The number of nitrogens with zero attached hydrogens (tertiary/aromatic N) is 1. The molecule has 2 rings (SSSR count). The lowest BCUT2D eigenvalue weighted by Crippen LogP contribution is -2.02. The van der Waals surface area contributed by atoms with E-state index in [1.807, 2.05) is 12.1 Å². The number of benzene rings is 1. The van der Waals surface area contributed by atoms with Gasteiger partial charge in [0.2, 0.25) is 5.75 Å². The quantitative estimate of drug-likeness (QED) is 0.886. The Morgan fingerprint density at radius 1 is 1.10 bits per heavy atom. The van der Waals surface area contributed by atoms with Gasteiger partial charge in [-0.15, -0.1) is 0 Å². The summed E-state index contributed by atoms with van der Waals surface area (Å²) in [5.41, 5.74) is 1.75. The summed E-state index contributed by atoms with van der Waals surface area (Å²) in [5, 5.41) is 3.85. The Morgan fingerprint density at radius 2 is 1.76 bits per heavy atom. The molecular weight excluding hydrogens is 292 g/mol. The summed E-state index contributed by atoms with van der Waals surface area (Å²) in [6, 6.07) is 5.51. The predicted molar refractivity (Wildman–Crippen MR) is 82.7 cm³/mol. The van der Waals surface area contributed by atoms with Crippen molar-refractivity contribution in [3.8, 4) is 17.2 Å². The van der Waals surface area contributed by atoms with Crippen LogP contribution in [-0.4, -0.2) is 26.3 Å². The third kappa shape index (κ3) is 3.49. The van der Waals surface area contributed by atoms with Crippen molar-refractivity contribution in [2.75, 3.05) is 26.6 Å². The highest BCUT2D eigenvalue weighted by Gasteiger charge is 2.13. The average molecular weight is 309 g/mol. The number of ether oxygens (including phenoxy) is 3. The molecule has 0 atom stereocenters. The molecule has 1 aromatic carbocycles. The van der Waals surface area contributed by atoms with Crippen LogP contribution in [0.2, 0.25) is 5.02 Å². The summed E-state index contributed by atoms with van der Waals surface area (Å²) in [4.78, 5) is 4.04. The van der Waals surface area contributed by atoms with Crippen LogP contribution < -0.4 is 19.5 Å². The van der Waals surface area contributed by atoms with Crippen molar-refractivity contribution in [3.63, 3.8) is 0 Å². The van der Waals surface area contributed by atoms with Crippen LogP contribution in [0.5, 0.6) is 17.2 Å². The maximum atomic E-state index is 6.08. The molecule has 21 heavy (non-hydrogen) atoms. The number of nitrogens with one attached hydrogen (secondary N) is 1. The van der Waals surface area contributed by atoms with E-state index >= 15 is 0 Å². The van der Waals surface area contributed by atoms with Gasteiger partial charge in [0.25, 0.3) is 0 Å². The van der Waals surface area contributed by atoms with E-state index < -0.39 is 0 Å². The van der Waals surface area contributed by atoms with E-state index in [2.05, 4.69) is 10.3 Å². The average Bonchev–Trinajstić information content (AvgIpc) is 2.52. The second-order valence-electron chi connectivity index (χ2n) is 4.24. The topological polar surface area (TPSA) is 52.6 Å². The van der Waals surface area contributed by atoms with Gasteiger partial charge in [0.1, 0.15) is 0 Å². The van der Waals surface area contributed by atoms with Crippen molar-refractivity contribution < 1.29 is 14.2 Å². The van der Waals surface area contributed by atoms with Crippen LogP contribution in [0.1, 0.15) is 5.56 Å². The third-order valence-electron chi connectivity index (χ3n) is 2.98. The van der Waals surface area contributed by atoms with Crippen LogP contribution in [0, 0.1) is 0 Å². The van der Waals surface area contributed by atoms with Gasteiger partial charge >= 0.3 is 0 Å². The Morgan fingerprint density at radius 3 is 2.29 bits per heavy atom. The van der Waals surface area contributed by atoms with Crippen molar-refractivity contribution in [3.05, 3.63) is 41.2 Å². The highest BCUT2D eigenvalue weighted by molar-refractivity contribution is 6.33. The first-order valence-electron chi connectivity index (χ1n) is 6.31. The summed E-state index contributed by atoms with van der Waals surface area (Å²) in [7, 11) is 4.76. The molecule has 0 radical (unpaired) electrons. The van der Waals surface area contributed by atoms with Gasteiger partial charge in [0, 0.05) is 12.7 Å². The molecule has 1 heterocycles. The highest BCUT2D eigenvalue weighted by Crippen LogP contribution is 2.38. The molecule has 0 aliphatic heterocycles.